The quantitative estimate of drug-likeness (QED) is 0.0961. The molecule has 4 aliphatic rings. The fourth-order valence-corrected chi connectivity index (χ4v) is 10.3. The van der Waals surface area contributed by atoms with Crippen LogP contribution >= 0.6 is 0 Å². The molecule has 0 radical (unpaired) electrons. The van der Waals surface area contributed by atoms with E-state index in [1.807, 2.05) is 9.80 Å². The fraction of sp³-hybridized carbons (Fsp3) is 0.438. The van der Waals surface area contributed by atoms with Crippen LogP contribution in [0, 0.1) is 11.3 Å². The normalized spacial score (nSPS) is 17.5. The number of nitrogens with one attached hydrogen (secondary N) is 4. The fourth-order valence-electron chi connectivity index (χ4n) is 9.71. The number of nitrogens with zero attached hydrogens (tertiary/aromatic N) is 5. The second kappa shape index (κ2) is 21.4. The second-order valence-electron chi connectivity index (χ2n) is 18.3. The van der Waals surface area contributed by atoms with E-state index in [4.69, 9.17) is 15.2 Å². The Morgan fingerprint density at radius 1 is 0.859 bits per heavy atom. The number of halogens is 2. The van der Waals surface area contributed by atoms with E-state index in [0.717, 1.165) is 44.9 Å². The van der Waals surface area contributed by atoms with Gasteiger partial charge in [-0.05, 0) is 98.7 Å². The first kappa shape index (κ1) is 50.1. The predicted molar refractivity (Wildman–Crippen MR) is 257 cm³/mol. The first-order valence-corrected chi connectivity index (χ1v) is 25.0. The molecule has 0 bridgehead atoms. The Balaban J connectivity index is 0.744. The average molecular weight is 1000 g/mol. The van der Waals surface area contributed by atoms with E-state index in [9.17, 15) is 46.0 Å². The standard InChI is InChI=1S/C48H56F2N10O10S/c1-69-37-11-8-32(27-36(37)60-22-15-38(61)53-47(60)66)45(65)59-25-18-48(19-26-59)16-23-58(24-17-48)39(62)12-5-30-13-20-57(21-14-30)40(63)29-70-35-4-2-3-34(28-35)52-44-41(43(51)64)42(54-55-44)31-6-9-33(10-7-31)56-71(67,68)46(49)50/h2-4,6-11,27-28,30,46,56H,5,12-26,29H2,1H3,(H2,51,64)(H2,52,54,55)(H,53,61,66). The molecule has 378 valence electrons. The lowest BCUT2D eigenvalue weighted by Crippen LogP contribution is -2.50. The summed E-state index contributed by atoms with van der Waals surface area (Å²) in [6, 6.07) is 16.5. The van der Waals surface area contributed by atoms with Crippen LogP contribution in [0.4, 0.5) is 36.5 Å². The maximum absolute atomic E-state index is 13.7. The van der Waals surface area contributed by atoms with Crippen molar-refractivity contribution >= 4 is 68.5 Å². The number of ether oxygens (including phenoxy) is 2. The van der Waals surface area contributed by atoms with Crippen molar-refractivity contribution < 1.29 is 55.4 Å². The Bertz CT molecular complexity index is 2770. The molecule has 0 saturated carbocycles. The van der Waals surface area contributed by atoms with Crippen molar-refractivity contribution in [2.45, 2.75) is 63.5 Å². The molecule has 1 spiro atoms. The van der Waals surface area contributed by atoms with E-state index in [1.165, 1.54) is 36.3 Å². The number of nitrogens with two attached hydrogens (primary N) is 1. The third-order valence-electron chi connectivity index (χ3n) is 13.9. The van der Waals surface area contributed by atoms with Crippen molar-refractivity contribution in [3.8, 4) is 22.8 Å². The molecule has 4 saturated heterocycles. The molecule has 4 fully saturated rings. The van der Waals surface area contributed by atoms with Gasteiger partial charge in [0.1, 0.15) is 17.1 Å². The summed E-state index contributed by atoms with van der Waals surface area (Å²) < 4.78 is 61.8. The van der Waals surface area contributed by atoms with E-state index >= 15 is 0 Å². The number of anilines is 4. The molecule has 23 heteroatoms. The summed E-state index contributed by atoms with van der Waals surface area (Å²) in [5.74, 6) is -3.74. The predicted octanol–water partition coefficient (Wildman–Crippen LogP) is 5.28. The Hall–Kier alpha value is -7.30. The molecule has 4 aromatic rings. The van der Waals surface area contributed by atoms with Crippen LogP contribution in [0.1, 0.15) is 78.5 Å². The van der Waals surface area contributed by atoms with Crippen LogP contribution in [-0.2, 0) is 24.4 Å². The summed E-state index contributed by atoms with van der Waals surface area (Å²) >= 11 is 0. The molecular formula is C48H56F2N10O10S. The minimum Gasteiger partial charge on any atom is -0.495 e. The molecule has 7 amide bonds. The van der Waals surface area contributed by atoms with Gasteiger partial charge < -0.3 is 35.2 Å². The highest BCUT2D eigenvalue weighted by Gasteiger charge is 2.40. The number of likely N-dealkylation sites (tertiary alicyclic amines) is 3. The highest BCUT2D eigenvalue weighted by Crippen LogP contribution is 2.42. The van der Waals surface area contributed by atoms with Crippen LogP contribution in [0.2, 0.25) is 0 Å². The number of aromatic amines is 1. The summed E-state index contributed by atoms with van der Waals surface area (Å²) in [5.41, 5.74) is 7.57. The number of hydrogen-bond donors (Lipinski definition) is 5. The summed E-state index contributed by atoms with van der Waals surface area (Å²) in [7, 11) is -3.38. The minimum atomic E-state index is -4.87. The SMILES string of the molecule is COc1ccc(C(=O)N2CCC3(CCN(C(=O)CCC4CCN(C(=O)COc5cccc(Nc6n[nH]c(-c7ccc(NS(=O)(=O)C(F)F)cc7)c6C(N)=O)c5)CC4)CC3)CC2)cc1N1CCC(=O)NC1=O. The van der Waals surface area contributed by atoms with Gasteiger partial charge in [0.25, 0.3) is 27.7 Å². The van der Waals surface area contributed by atoms with E-state index in [1.54, 1.807) is 52.1 Å². The summed E-state index contributed by atoms with van der Waals surface area (Å²) in [6.07, 6.45) is 6.34. The molecular weight excluding hydrogens is 947 g/mol. The monoisotopic (exact) mass is 1000 g/mol. The molecule has 1 aromatic heterocycles. The van der Waals surface area contributed by atoms with Crippen LogP contribution in [-0.4, -0.2) is 134 Å². The number of benzene rings is 3. The third-order valence-corrected chi connectivity index (χ3v) is 14.9. The topological polar surface area (TPSA) is 259 Å². The van der Waals surface area contributed by atoms with Crippen LogP contribution in [0.15, 0.2) is 66.7 Å². The lowest BCUT2D eigenvalue weighted by atomic mass is 9.71. The average Bonchev–Trinajstić information content (AvgIpc) is 3.79. The molecule has 5 heterocycles. The third kappa shape index (κ3) is 11.7. The first-order chi connectivity index (χ1) is 34.0. The van der Waals surface area contributed by atoms with Gasteiger partial charge in [0.05, 0.1) is 18.5 Å². The van der Waals surface area contributed by atoms with Gasteiger partial charge in [-0.15, -0.1) is 0 Å². The van der Waals surface area contributed by atoms with Crippen molar-refractivity contribution in [1.29, 1.82) is 0 Å². The number of sulfonamides is 1. The number of H-pyrrole nitrogens is 1. The Morgan fingerprint density at radius 3 is 2.18 bits per heavy atom. The molecule has 4 aliphatic heterocycles. The lowest BCUT2D eigenvalue weighted by Gasteiger charge is -2.47. The van der Waals surface area contributed by atoms with Crippen LogP contribution in [0.3, 0.4) is 0 Å². The molecule has 0 unspecified atom stereocenters. The maximum Gasteiger partial charge on any atom is 0.355 e. The lowest BCUT2D eigenvalue weighted by molar-refractivity contribution is -0.136. The zero-order valence-electron chi connectivity index (χ0n) is 39.1. The second-order valence-corrected chi connectivity index (χ2v) is 19.9. The van der Waals surface area contributed by atoms with Crippen molar-refractivity contribution in [2.24, 2.45) is 17.1 Å². The van der Waals surface area contributed by atoms with Gasteiger partial charge in [-0.1, -0.05) is 18.2 Å². The van der Waals surface area contributed by atoms with Gasteiger partial charge in [-0.2, -0.15) is 13.9 Å². The van der Waals surface area contributed by atoms with Crippen molar-refractivity contribution in [3.05, 3.63) is 77.9 Å². The number of aromatic nitrogens is 2. The Morgan fingerprint density at radius 2 is 1.54 bits per heavy atom. The van der Waals surface area contributed by atoms with Gasteiger partial charge in [0, 0.05) is 87.2 Å². The number of rotatable bonds is 16. The number of alkyl halides is 2. The smallest absolute Gasteiger partial charge is 0.355 e. The number of methoxy groups -OCH3 is 1. The zero-order valence-corrected chi connectivity index (χ0v) is 39.9. The summed E-state index contributed by atoms with van der Waals surface area (Å²) in [5, 5.41) is 12.3. The van der Waals surface area contributed by atoms with Gasteiger partial charge in [0.2, 0.25) is 11.8 Å². The summed E-state index contributed by atoms with van der Waals surface area (Å²) in [6.45, 7) is 3.64. The Kier molecular flexibility index (Phi) is 15.1. The van der Waals surface area contributed by atoms with E-state index < -0.39 is 27.7 Å². The number of hydrogen-bond acceptors (Lipinski definition) is 12. The number of carbonyl (C=O) groups is 6. The van der Waals surface area contributed by atoms with Gasteiger partial charge in [-0.25, -0.2) is 13.2 Å². The van der Waals surface area contributed by atoms with Gasteiger partial charge in [-0.3, -0.25) is 44.0 Å². The van der Waals surface area contributed by atoms with Crippen molar-refractivity contribution in [3.63, 3.8) is 0 Å². The van der Waals surface area contributed by atoms with Crippen LogP contribution < -0.4 is 35.5 Å². The number of urea groups is 1. The van der Waals surface area contributed by atoms with Gasteiger partial charge in [0.15, 0.2) is 12.4 Å². The van der Waals surface area contributed by atoms with E-state index in [0.29, 0.717) is 85.6 Å². The zero-order chi connectivity index (χ0) is 50.5. The van der Waals surface area contributed by atoms with Crippen LogP contribution in [0.25, 0.3) is 11.3 Å². The van der Waals surface area contributed by atoms with E-state index in [2.05, 4.69) is 20.8 Å². The highest BCUT2D eigenvalue weighted by atomic mass is 32.2. The maximum atomic E-state index is 13.7. The molecule has 3 aromatic carbocycles. The minimum absolute atomic E-state index is 0.0124. The number of carbonyl (C=O) groups excluding carboxylic acids is 6. The molecule has 8 rings (SSSR count). The number of imide groups is 1. The summed E-state index contributed by atoms with van der Waals surface area (Å²) in [4.78, 5) is 84.1. The molecule has 6 N–H and O–H groups in total. The van der Waals surface area contributed by atoms with Gasteiger partial charge >= 0.3 is 11.8 Å². The molecule has 71 heavy (non-hydrogen) atoms. The largest absolute Gasteiger partial charge is 0.495 e. The number of piperidine rings is 3. The number of primary amides is 1. The van der Waals surface area contributed by atoms with E-state index in [-0.39, 0.29) is 71.4 Å². The number of amides is 7. The molecule has 20 nitrogen and oxygen atoms in total. The first-order valence-electron chi connectivity index (χ1n) is 23.4. The van der Waals surface area contributed by atoms with Crippen molar-refractivity contribution in [2.75, 3.05) is 74.5 Å². The van der Waals surface area contributed by atoms with Crippen molar-refractivity contribution in [1.82, 2.24) is 30.2 Å². The Labute approximate surface area is 408 Å². The highest BCUT2D eigenvalue weighted by molar-refractivity contribution is 7.93. The molecule has 0 atom stereocenters. The van der Waals surface area contributed by atoms with Crippen LogP contribution in [0.5, 0.6) is 11.5 Å². The molecule has 0 aliphatic carbocycles.